The number of sulfone groups is 1. The monoisotopic (exact) mass is 419 g/mol. The number of hydrogen-bond donors (Lipinski definition) is 1. The molecule has 10 heteroatoms. The van der Waals surface area contributed by atoms with Crippen LogP contribution in [0.5, 0.6) is 0 Å². The molecule has 3 heterocycles. The fraction of sp³-hybridized carbons (Fsp3) is 0.421. The molecule has 1 aromatic carbocycles. The number of nitrogens with zero attached hydrogens (tertiary/aromatic N) is 2. The number of imide groups is 1. The van der Waals surface area contributed by atoms with Crippen LogP contribution in [0.15, 0.2) is 34.7 Å². The third-order valence-electron chi connectivity index (χ3n) is 5.64. The maximum absolute atomic E-state index is 13.0. The van der Waals surface area contributed by atoms with E-state index in [2.05, 4.69) is 5.32 Å². The molecule has 9 nitrogen and oxygen atoms in total. The van der Waals surface area contributed by atoms with Gasteiger partial charge in [-0.1, -0.05) is 18.2 Å². The summed E-state index contributed by atoms with van der Waals surface area (Å²) in [6.07, 6.45) is 0.349. The first-order valence-electron chi connectivity index (χ1n) is 9.20. The molecule has 1 N–H and O–H groups in total. The van der Waals surface area contributed by atoms with E-state index in [-0.39, 0.29) is 17.3 Å². The number of nitrogens with one attached hydrogen (secondary N) is 1. The molecular weight excluding hydrogens is 398 g/mol. The first-order chi connectivity index (χ1) is 13.6. The molecule has 0 spiro atoms. The normalized spacial score (nSPS) is 26.1. The molecule has 2 fully saturated rings. The van der Waals surface area contributed by atoms with Crippen LogP contribution < -0.4 is 5.32 Å². The van der Waals surface area contributed by atoms with Gasteiger partial charge in [-0.25, -0.2) is 13.2 Å². The summed E-state index contributed by atoms with van der Waals surface area (Å²) in [5.74, 6) is -0.886. The van der Waals surface area contributed by atoms with Crippen molar-refractivity contribution in [2.45, 2.75) is 24.9 Å². The highest BCUT2D eigenvalue weighted by atomic mass is 32.2. The lowest BCUT2D eigenvalue weighted by Crippen LogP contribution is -2.46. The lowest BCUT2D eigenvalue weighted by molar-refractivity contribution is -0.139. The topological polar surface area (TPSA) is 117 Å². The molecule has 0 bridgehead atoms. The zero-order valence-corrected chi connectivity index (χ0v) is 16.9. The number of para-hydroxylation sites is 1. The Morgan fingerprint density at radius 1 is 1.34 bits per heavy atom. The number of likely N-dealkylation sites (N-methyl/N-ethyl adjacent to an activating group) is 1. The molecule has 2 aliphatic rings. The van der Waals surface area contributed by atoms with Crippen molar-refractivity contribution in [3.8, 4) is 0 Å². The Bertz CT molecular complexity index is 1090. The van der Waals surface area contributed by atoms with E-state index in [4.69, 9.17) is 4.42 Å². The van der Waals surface area contributed by atoms with Gasteiger partial charge >= 0.3 is 6.03 Å². The van der Waals surface area contributed by atoms with Crippen molar-refractivity contribution in [2.24, 2.45) is 0 Å². The third-order valence-corrected chi connectivity index (χ3v) is 7.39. The van der Waals surface area contributed by atoms with E-state index in [1.165, 1.54) is 18.9 Å². The average molecular weight is 419 g/mol. The van der Waals surface area contributed by atoms with E-state index in [1.54, 1.807) is 18.2 Å². The molecule has 0 radical (unpaired) electrons. The van der Waals surface area contributed by atoms with E-state index in [9.17, 15) is 22.8 Å². The second-order valence-electron chi connectivity index (χ2n) is 7.66. The van der Waals surface area contributed by atoms with Gasteiger partial charge < -0.3 is 14.6 Å². The van der Waals surface area contributed by atoms with Crippen LogP contribution in [0.2, 0.25) is 0 Å². The van der Waals surface area contributed by atoms with Crippen molar-refractivity contribution in [1.82, 2.24) is 15.1 Å². The molecule has 2 aliphatic heterocycles. The van der Waals surface area contributed by atoms with Crippen LogP contribution in [0.3, 0.4) is 0 Å². The molecule has 2 aromatic rings. The lowest BCUT2D eigenvalue weighted by Gasteiger charge is -2.25. The molecule has 4 rings (SSSR count). The van der Waals surface area contributed by atoms with Crippen LogP contribution in [0, 0.1) is 0 Å². The van der Waals surface area contributed by atoms with E-state index in [1.807, 2.05) is 12.1 Å². The van der Waals surface area contributed by atoms with Crippen molar-refractivity contribution < 1.29 is 27.2 Å². The molecule has 2 unspecified atom stereocenters. The van der Waals surface area contributed by atoms with E-state index in [0.29, 0.717) is 12.0 Å². The Balaban J connectivity index is 1.52. The molecule has 4 amide bonds. The van der Waals surface area contributed by atoms with Crippen LogP contribution in [0.1, 0.15) is 19.1 Å². The minimum Gasteiger partial charge on any atom is -0.458 e. The summed E-state index contributed by atoms with van der Waals surface area (Å²) in [5, 5.41) is 3.41. The number of carbonyl (C=O) groups excluding carboxylic acids is 3. The summed E-state index contributed by atoms with van der Waals surface area (Å²) >= 11 is 0. The minimum absolute atomic E-state index is 0.0303. The molecule has 0 saturated carbocycles. The van der Waals surface area contributed by atoms with Gasteiger partial charge in [-0.05, 0) is 25.5 Å². The molecule has 2 atom stereocenters. The summed E-state index contributed by atoms with van der Waals surface area (Å²) in [6.45, 7) is 1.07. The van der Waals surface area contributed by atoms with Crippen molar-refractivity contribution in [3.05, 3.63) is 36.1 Å². The van der Waals surface area contributed by atoms with Crippen molar-refractivity contribution in [2.75, 3.05) is 25.1 Å². The Morgan fingerprint density at radius 3 is 2.72 bits per heavy atom. The van der Waals surface area contributed by atoms with Gasteiger partial charge in [0.05, 0.1) is 11.5 Å². The number of benzene rings is 1. The summed E-state index contributed by atoms with van der Waals surface area (Å²) in [6, 6.07) is 7.77. The van der Waals surface area contributed by atoms with E-state index >= 15 is 0 Å². The fourth-order valence-corrected chi connectivity index (χ4v) is 5.54. The van der Waals surface area contributed by atoms with Gasteiger partial charge in [0, 0.05) is 18.5 Å². The van der Waals surface area contributed by atoms with Gasteiger partial charge in [-0.3, -0.25) is 14.5 Å². The molecular formula is C19H21N3O6S. The minimum atomic E-state index is -3.16. The zero-order valence-electron chi connectivity index (χ0n) is 16.0. The summed E-state index contributed by atoms with van der Waals surface area (Å²) in [4.78, 5) is 40.2. The Labute approximate surface area is 167 Å². The number of rotatable bonds is 4. The van der Waals surface area contributed by atoms with E-state index < -0.39 is 45.8 Å². The zero-order chi connectivity index (χ0) is 21.0. The highest BCUT2D eigenvalue weighted by Gasteiger charge is 2.52. The van der Waals surface area contributed by atoms with Gasteiger partial charge in [0.1, 0.15) is 17.9 Å². The largest absolute Gasteiger partial charge is 0.458 e. The second-order valence-corrected chi connectivity index (χ2v) is 9.89. The Morgan fingerprint density at radius 2 is 2.07 bits per heavy atom. The highest BCUT2D eigenvalue weighted by Crippen LogP contribution is 2.33. The Kier molecular flexibility index (Phi) is 4.41. The maximum atomic E-state index is 13.0. The number of fused-ring (bicyclic) bond motifs is 1. The van der Waals surface area contributed by atoms with Crippen LogP contribution in [0.4, 0.5) is 4.79 Å². The van der Waals surface area contributed by atoms with Crippen LogP contribution in [-0.2, 0) is 25.0 Å². The number of furan rings is 1. The number of hydrogen-bond acceptors (Lipinski definition) is 6. The molecule has 154 valence electrons. The van der Waals surface area contributed by atoms with Crippen LogP contribution in [0.25, 0.3) is 11.0 Å². The van der Waals surface area contributed by atoms with E-state index in [0.717, 1.165) is 10.3 Å². The SMILES string of the molecule is CN(C(=O)CN1C(=O)NC(C)(c2cc3ccccc3o2)C1=O)C1CCS(=O)(=O)C1. The summed E-state index contributed by atoms with van der Waals surface area (Å²) < 4.78 is 29.1. The van der Waals surface area contributed by atoms with Gasteiger partial charge in [0.15, 0.2) is 15.4 Å². The van der Waals surface area contributed by atoms with Crippen molar-refractivity contribution in [1.29, 1.82) is 0 Å². The molecule has 0 aliphatic carbocycles. The lowest BCUT2D eigenvalue weighted by atomic mass is 9.99. The Hall–Kier alpha value is -2.88. The number of urea groups is 1. The predicted octanol–water partition coefficient (Wildman–Crippen LogP) is 0.845. The first-order valence-corrected chi connectivity index (χ1v) is 11.0. The highest BCUT2D eigenvalue weighted by molar-refractivity contribution is 7.91. The van der Waals surface area contributed by atoms with Gasteiger partial charge in [-0.2, -0.15) is 0 Å². The second kappa shape index (κ2) is 6.58. The molecule has 1 aromatic heterocycles. The summed E-state index contributed by atoms with van der Waals surface area (Å²) in [7, 11) is -1.67. The maximum Gasteiger partial charge on any atom is 0.325 e. The summed E-state index contributed by atoms with van der Waals surface area (Å²) in [5.41, 5.74) is -0.839. The van der Waals surface area contributed by atoms with Gasteiger partial charge in [0.2, 0.25) is 5.91 Å². The quantitative estimate of drug-likeness (QED) is 0.734. The number of amides is 4. The van der Waals surface area contributed by atoms with Gasteiger partial charge in [-0.15, -0.1) is 0 Å². The fourth-order valence-electron chi connectivity index (χ4n) is 3.77. The van der Waals surface area contributed by atoms with Gasteiger partial charge in [0.25, 0.3) is 5.91 Å². The standard InChI is InChI=1S/C19H21N3O6S/c1-19(15-9-12-5-3-4-6-14(12)28-15)17(24)22(18(25)20-19)10-16(23)21(2)13-7-8-29(26,27)11-13/h3-6,9,13H,7-8,10-11H2,1-2H3,(H,20,25). The average Bonchev–Trinajstić information content (AvgIpc) is 3.32. The van der Waals surface area contributed by atoms with Crippen LogP contribution >= 0.6 is 0 Å². The van der Waals surface area contributed by atoms with Crippen molar-refractivity contribution >= 4 is 38.7 Å². The number of carbonyl (C=O) groups is 3. The molecule has 2 saturated heterocycles. The van der Waals surface area contributed by atoms with Crippen LogP contribution in [-0.4, -0.2) is 67.2 Å². The van der Waals surface area contributed by atoms with Crippen molar-refractivity contribution in [3.63, 3.8) is 0 Å². The molecule has 29 heavy (non-hydrogen) atoms. The predicted molar refractivity (Wildman–Crippen MR) is 104 cm³/mol. The third kappa shape index (κ3) is 3.27. The smallest absolute Gasteiger partial charge is 0.325 e. The first kappa shape index (κ1) is 19.4.